The van der Waals surface area contributed by atoms with Crippen LogP contribution in [0.2, 0.25) is 0 Å². The van der Waals surface area contributed by atoms with E-state index in [0.717, 1.165) is 44.5 Å². The Hall–Kier alpha value is -0.800. The molecule has 2 rings (SSSR count). The molecule has 0 atom stereocenters. The van der Waals surface area contributed by atoms with Gasteiger partial charge in [-0.2, -0.15) is 0 Å². The van der Waals surface area contributed by atoms with Gasteiger partial charge in [-0.3, -0.25) is 0 Å². The monoisotopic (exact) mass is 249 g/mol. The van der Waals surface area contributed by atoms with E-state index in [1.54, 1.807) is 0 Å². The van der Waals surface area contributed by atoms with Crippen molar-refractivity contribution in [3.63, 3.8) is 0 Å². The molecule has 0 aliphatic carbocycles. The van der Waals surface area contributed by atoms with E-state index in [1.807, 2.05) is 17.8 Å². The fourth-order valence-corrected chi connectivity index (χ4v) is 3.06. The molecule has 1 fully saturated rings. The molecule has 0 amide bonds. The topological polar surface area (TPSA) is 20.3 Å². The minimum absolute atomic E-state index is 0.313. The SMILES string of the molecule is O=CC1CCN(CCSc2ccccc2)CC1. The molecule has 0 radical (unpaired) electrons. The van der Waals surface area contributed by atoms with Crippen LogP contribution in [0.5, 0.6) is 0 Å². The number of piperidine rings is 1. The molecule has 1 aromatic rings. The average Bonchev–Trinajstić information content (AvgIpc) is 2.41. The van der Waals surface area contributed by atoms with E-state index in [-0.39, 0.29) is 0 Å². The van der Waals surface area contributed by atoms with Crippen molar-refractivity contribution >= 4 is 18.0 Å². The second-order valence-corrected chi connectivity index (χ2v) is 5.64. The number of carbonyl (C=O) groups excluding carboxylic acids is 1. The Morgan fingerprint density at radius 2 is 1.94 bits per heavy atom. The van der Waals surface area contributed by atoms with Gasteiger partial charge in [-0.05, 0) is 38.1 Å². The van der Waals surface area contributed by atoms with Crippen molar-refractivity contribution < 1.29 is 4.79 Å². The molecule has 2 nitrogen and oxygen atoms in total. The lowest BCUT2D eigenvalue weighted by Crippen LogP contribution is -2.35. The fraction of sp³-hybridized carbons (Fsp3) is 0.500. The number of likely N-dealkylation sites (tertiary alicyclic amines) is 1. The van der Waals surface area contributed by atoms with E-state index in [0.29, 0.717) is 5.92 Å². The molecule has 0 N–H and O–H groups in total. The molecule has 1 heterocycles. The van der Waals surface area contributed by atoms with Crippen molar-refractivity contribution in [2.75, 3.05) is 25.4 Å². The van der Waals surface area contributed by atoms with E-state index < -0.39 is 0 Å². The van der Waals surface area contributed by atoms with Gasteiger partial charge in [-0.25, -0.2) is 0 Å². The Kier molecular flexibility index (Phi) is 5.08. The second-order valence-electron chi connectivity index (χ2n) is 4.48. The van der Waals surface area contributed by atoms with Crippen LogP contribution in [0.1, 0.15) is 12.8 Å². The number of thioether (sulfide) groups is 1. The zero-order chi connectivity index (χ0) is 11.9. The second kappa shape index (κ2) is 6.82. The molecule has 0 bridgehead atoms. The molecule has 1 saturated heterocycles. The third-order valence-electron chi connectivity index (χ3n) is 3.24. The first-order valence-corrected chi connectivity index (χ1v) is 7.22. The molecule has 0 saturated carbocycles. The third kappa shape index (κ3) is 4.17. The summed E-state index contributed by atoms with van der Waals surface area (Å²) in [6.07, 6.45) is 3.20. The fourth-order valence-electron chi connectivity index (χ4n) is 2.12. The quantitative estimate of drug-likeness (QED) is 0.591. The maximum atomic E-state index is 10.6. The summed E-state index contributed by atoms with van der Waals surface area (Å²) in [6.45, 7) is 3.29. The van der Waals surface area contributed by atoms with E-state index in [2.05, 4.69) is 29.2 Å². The van der Waals surface area contributed by atoms with E-state index >= 15 is 0 Å². The first-order valence-electron chi connectivity index (χ1n) is 6.24. The van der Waals surface area contributed by atoms with Gasteiger partial charge in [0.2, 0.25) is 0 Å². The lowest BCUT2D eigenvalue weighted by atomic mass is 9.99. The molecular formula is C14H19NOS. The van der Waals surface area contributed by atoms with Gasteiger partial charge in [-0.1, -0.05) is 18.2 Å². The average molecular weight is 249 g/mol. The van der Waals surface area contributed by atoms with Gasteiger partial charge in [-0.15, -0.1) is 11.8 Å². The van der Waals surface area contributed by atoms with Gasteiger partial charge < -0.3 is 9.69 Å². The smallest absolute Gasteiger partial charge is 0.123 e. The van der Waals surface area contributed by atoms with Crippen molar-refractivity contribution in [3.8, 4) is 0 Å². The van der Waals surface area contributed by atoms with Crippen LogP contribution in [0.25, 0.3) is 0 Å². The molecule has 0 spiro atoms. The molecule has 17 heavy (non-hydrogen) atoms. The number of hydrogen-bond donors (Lipinski definition) is 0. The summed E-state index contributed by atoms with van der Waals surface area (Å²) in [5.41, 5.74) is 0. The van der Waals surface area contributed by atoms with Gasteiger partial charge in [0.1, 0.15) is 6.29 Å². The van der Waals surface area contributed by atoms with E-state index in [4.69, 9.17) is 0 Å². The number of carbonyl (C=O) groups is 1. The van der Waals surface area contributed by atoms with Crippen molar-refractivity contribution in [1.82, 2.24) is 4.90 Å². The Labute approximate surface area is 107 Å². The van der Waals surface area contributed by atoms with Crippen molar-refractivity contribution in [1.29, 1.82) is 0 Å². The maximum absolute atomic E-state index is 10.6. The molecule has 0 aromatic heterocycles. The van der Waals surface area contributed by atoms with Crippen LogP contribution in [0, 0.1) is 5.92 Å². The summed E-state index contributed by atoms with van der Waals surface area (Å²) in [4.78, 5) is 14.5. The van der Waals surface area contributed by atoms with Crippen LogP contribution in [0.4, 0.5) is 0 Å². The highest BCUT2D eigenvalue weighted by atomic mass is 32.2. The van der Waals surface area contributed by atoms with E-state index in [9.17, 15) is 4.79 Å². The number of aldehydes is 1. The number of rotatable bonds is 5. The summed E-state index contributed by atoms with van der Waals surface area (Å²) in [7, 11) is 0. The number of benzene rings is 1. The minimum Gasteiger partial charge on any atom is -0.303 e. The van der Waals surface area contributed by atoms with E-state index in [1.165, 1.54) is 4.90 Å². The lowest BCUT2D eigenvalue weighted by molar-refractivity contribution is -0.112. The highest BCUT2D eigenvalue weighted by Gasteiger charge is 2.17. The lowest BCUT2D eigenvalue weighted by Gasteiger charge is -2.29. The summed E-state index contributed by atoms with van der Waals surface area (Å²) in [6, 6.07) is 10.5. The highest BCUT2D eigenvalue weighted by Crippen LogP contribution is 2.19. The Balaban J connectivity index is 1.65. The van der Waals surface area contributed by atoms with Gasteiger partial charge in [0.25, 0.3) is 0 Å². The van der Waals surface area contributed by atoms with Crippen LogP contribution in [0.15, 0.2) is 35.2 Å². The van der Waals surface area contributed by atoms with Gasteiger partial charge in [0.05, 0.1) is 0 Å². The Morgan fingerprint density at radius 3 is 2.59 bits per heavy atom. The molecule has 1 aromatic carbocycles. The molecule has 92 valence electrons. The van der Waals surface area contributed by atoms with Crippen LogP contribution in [-0.4, -0.2) is 36.6 Å². The number of nitrogens with zero attached hydrogens (tertiary/aromatic N) is 1. The van der Waals surface area contributed by atoms with Crippen LogP contribution >= 0.6 is 11.8 Å². The van der Waals surface area contributed by atoms with Gasteiger partial charge in [0, 0.05) is 23.1 Å². The normalized spacial score (nSPS) is 18.1. The predicted molar refractivity (Wildman–Crippen MR) is 72.4 cm³/mol. The van der Waals surface area contributed by atoms with Crippen LogP contribution in [-0.2, 0) is 4.79 Å². The zero-order valence-corrected chi connectivity index (χ0v) is 10.9. The molecular weight excluding hydrogens is 230 g/mol. The Morgan fingerprint density at radius 1 is 1.24 bits per heavy atom. The predicted octanol–water partition coefficient (Wildman–Crippen LogP) is 2.69. The maximum Gasteiger partial charge on any atom is 0.123 e. The molecule has 3 heteroatoms. The summed E-state index contributed by atoms with van der Waals surface area (Å²) in [5.74, 6) is 1.45. The molecule has 0 unspecified atom stereocenters. The summed E-state index contributed by atoms with van der Waals surface area (Å²) < 4.78 is 0. The van der Waals surface area contributed by atoms with Crippen molar-refractivity contribution in [2.45, 2.75) is 17.7 Å². The molecule has 1 aliphatic rings. The van der Waals surface area contributed by atoms with Gasteiger partial charge in [0.15, 0.2) is 0 Å². The molecule has 1 aliphatic heterocycles. The first-order chi connectivity index (χ1) is 8.38. The summed E-state index contributed by atoms with van der Waals surface area (Å²) >= 11 is 1.91. The zero-order valence-electron chi connectivity index (χ0n) is 10.0. The van der Waals surface area contributed by atoms with Gasteiger partial charge >= 0.3 is 0 Å². The van der Waals surface area contributed by atoms with Crippen molar-refractivity contribution in [2.24, 2.45) is 5.92 Å². The Bertz CT molecular complexity index is 333. The number of hydrogen-bond acceptors (Lipinski definition) is 3. The van der Waals surface area contributed by atoms with Crippen LogP contribution < -0.4 is 0 Å². The summed E-state index contributed by atoms with van der Waals surface area (Å²) in [5, 5.41) is 0. The first kappa shape index (κ1) is 12.7. The third-order valence-corrected chi connectivity index (χ3v) is 4.24. The minimum atomic E-state index is 0.313. The standard InChI is InChI=1S/C14H19NOS/c16-12-13-6-8-15(9-7-13)10-11-17-14-4-2-1-3-5-14/h1-5,12-13H,6-11H2. The van der Waals surface area contributed by atoms with Crippen molar-refractivity contribution in [3.05, 3.63) is 30.3 Å². The highest BCUT2D eigenvalue weighted by molar-refractivity contribution is 7.99. The largest absolute Gasteiger partial charge is 0.303 e. The van der Waals surface area contributed by atoms with Crippen LogP contribution in [0.3, 0.4) is 0 Å².